The predicted molar refractivity (Wildman–Crippen MR) is 112 cm³/mol. The molecule has 3 rings (SSSR count). The van der Waals surface area contributed by atoms with Gasteiger partial charge in [-0.3, -0.25) is 9.59 Å². The van der Waals surface area contributed by atoms with E-state index >= 15 is 0 Å². The zero-order chi connectivity index (χ0) is 19.2. The molecule has 2 aromatic carbocycles. The van der Waals surface area contributed by atoms with Gasteiger partial charge in [-0.25, -0.2) is 0 Å². The number of likely N-dealkylation sites (tertiary alicyclic amines) is 1. The molecule has 5 nitrogen and oxygen atoms in total. The van der Waals surface area contributed by atoms with Gasteiger partial charge in [0, 0.05) is 37.0 Å². The molecule has 2 N–H and O–H groups in total. The van der Waals surface area contributed by atoms with E-state index in [0.29, 0.717) is 43.9 Å². The van der Waals surface area contributed by atoms with Crippen LogP contribution < -0.4 is 10.5 Å². The number of hydrogen-bond donors (Lipinski definition) is 1. The highest BCUT2D eigenvalue weighted by Crippen LogP contribution is 2.26. The summed E-state index contributed by atoms with van der Waals surface area (Å²) in [5.74, 6) is 1.06. The number of carbonyl (C=O) groups excluding carboxylic acids is 2. The molecule has 28 heavy (non-hydrogen) atoms. The van der Waals surface area contributed by atoms with Crippen molar-refractivity contribution in [2.75, 3.05) is 19.7 Å². The van der Waals surface area contributed by atoms with Gasteiger partial charge < -0.3 is 15.4 Å². The topological polar surface area (TPSA) is 72.6 Å². The molecule has 0 aliphatic carbocycles. The van der Waals surface area contributed by atoms with Gasteiger partial charge in [0.2, 0.25) is 5.91 Å². The van der Waals surface area contributed by atoms with E-state index in [1.807, 2.05) is 23.1 Å². The molecule has 6 heteroatoms. The standard InChI is InChI=1S/C22H26N2O3.ClH/c1-16(25)17-9-11-19(12-10-17)27-13-5-8-22(26)24-14-20(21(23)15-24)18-6-3-2-4-7-18;/h2-4,6-7,9-12,20-21H,5,8,13-15,23H2,1H3;1H/t20-,21+;/m0./s1. The summed E-state index contributed by atoms with van der Waals surface area (Å²) in [7, 11) is 0. The van der Waals surface area contributed by atoms with Crippen molar-refractivity contribution in [3.05, 3.63) is 65.7 Å². The molecule has 2 atom stereocenters. The van der Waals surface area contributed by atoms with Gasteiger partial charge in [-0.2, -0.15) is 0 Å². The Hall–Kier alpha value is -2.37. The van der Waals surface area contributed by atoms with Gasteiger partial charge >= 0.3 is 0 Å². The zero-order valence-corrected chi connectivity index (χ0v) is 16.9. The number of carbonyl (C=O) groups is 2. The zero-order valence-electron chi connectivity index (χ0n) is 16.0. The van der Waals surface area contributed by atoms with E-state index in [-0.39, 0.29) is 36.1 Å². The number of ether oxygens (including phenoxy) is 1. The van der Waals surface area contributed by atoms with Crippen LogP contribution in [0.3, 0.4) is 0 Å². The van der Waals surface area contributed by atoms with Crippen molar-refractivity contribution in [2.24, 2.45) is 5.73 Å². The average Bonchev–Trinajstić information content (AvgIpc) is 3.08. The molecule has 1 aliphatic rings. The number of nitrogens with two attached hydrogens (primary N) is 1. The molecular formula is C22H27ClN2O3. The van der Waals surface area contributed by atoms with Crippen LogP contribution >= 0.6 is 12.4 Å². The third-order valence-corrected chi connectivity index (χ3v) is 5.01. The molecule has 2 aromatic rings. The summed E-state index contributed by atoms with van der Waals surface area (Å²) >= 11 is 0. The lowest BCUT2D eigenvalue weighted by Gasteiger charge is -2.16. The van der Waals surface area contributed by atoms with Crippen LogP contribution in [0.15, 0.2) is 54.6 Å². The first-order chi connectivity index (χ1) is 13.0. The Labute approximate surface area is 172 Å². The van der Waals surface area contributed by atoms with E-state index < -0.39 is 0 Å². The van der Waals surface area contributed by atoms with Crippen LogP contribution in [0.2, 0.25) is 0 Å². The second-order valence-corrected chi connectivity index (χ2v) is 7.01. The molecule has 1 fully saturated rings. The summed E-state index contributed by atoms with van der Waals surface area (Å²) in [5, 5.41) is 0. The molecular weight excluding hydrogens is 376 g/mol. The van der Waals surface area contributed by atoms with Crippen molar-refractivity contribution in [3.63, 3.8) is 0 Å². The molecule has 150 valence electrons. The number of benzene rings is 2. The van der Waals surface area contributed by atoms with Crippen LogP contribution in [-0.4, -0.2) is 42.3 Å². The van der Waals surface area contributed by atoms with E-state index in [4.69, 9.17) is 10.5 Å². The van der Waals surface area contributed by atoms with Gasteiger partial charge in [-0.1, -0.05) is 30.3 Å². The number of amides is 1. The van der Waals surface area contributed by atoms with Crippen molar-refractivity contribution < 1.29 is 14.3 Å². The third kappa shape index (κ3) is 5.57. The fraction of sp³-hybridized carbons (Fsp3) is 0.364. The molecule has 1 saturated heterocycles. The minimum Gasteiger partial charge on any atom is -0.494 e. The predicted octanol–water partition coefficient (Wildman–Crippen LogP) is 3.42. The highest BCUT2D eigenvalue weighted by atomic mass is 35.5. The van der Waals surface area contributed by atoms with Gasteiger partial charge in [0.15, 0.2) is 5.78 Å². The lowest BCUT2D eigenvalue weighted by molar-refractivity contribution is -0.130. The van der Waals surface area contributed by atoms with Crippen LogP contribution in [0.25, 0.3) is 0 Å². The largest absolute Gasteiger partial charge is 0.494 e. The second kappa shape index (κ2) is 10.2. The number of nitrogens with zero attached hydrogens (tertiary/aromatic N) is 1. The van der Waals surface area contributed by atoms with E-state index in [9.17, 15) is 9.59 Å². The molecule has 0 bridgehead atoms. The van der Waals surface area contributed by atoms with Gasteiger partial charge in [-0.05, 0) is 43.2 Å². The highest BCUT2D eigenvalue weighted by molar-refractivity contribution is 5.94. The average molecular weight is 403 g/mol. The molecule has 1 amide bonds. The minimum atomic E-state index is -0.0209. The van der Waals surface area contributed by atoms with Gasteiger partial charge in [-0.15, -0.1) is 12.4 Å². The molecule has 0 unspecified atom stereocenters. The summed E-state index contributed by atoms with van der Waals surface area (Å²) in [4.78, 5) is 25.6. The second-order valence-electron chi connectivity index (χ2n) is 7.01. The van der Waals surface area contributed by atoms with Crippen LogP contribution in [0.1, 0.15) is 41.6 Å². The van der Waals surface area contributed by atoms with Gasteiger partial charge in [0.05, 0.1) is 6.61 Å². The third-order valence-electron chi connectivity index (χ3n) is 5.01. The number of hydrogen-bond acceptors (Lipinski definition) is 4. The summed E-state index contributed by atoms with van der Waals surface area (Å²) in [6.45, 7) is 3.28. The molecule has 0 aromatic heterocycles. The first-order valence-electron chi connectivity index (χ1n) is 9.36. The van der Waals surface area contributed by atoms with Crippen LogP contribution in [0, 0.1) is 0 Å². The van der Waals surface area contributed by atoms with E-state index in [1.54, 1.807) is 24.3 Å². The molecule has 1 heterocycles. The lowest BCUT2D eigenvalue weighted by Crippen LogP contribution is -2.32. The van der Waals surface area contributed by atoms with Crippen molar-refractivity contribution in [1.29, 1.82) is 0 Å². The van der Waals surface area contributed by atoms with Crippen molar-refractivity contribution in [1.82, 2.24) is 4.90 Å². The highest BCUT2D eigenvalue weighted by Gasteiger charge is 2.33. The number of ketones is 1. The fourth-order valence-electron chi connectivity index (χ4n) is 3.44. The maximum atomic E-state index is 12.5. The Morgan fingerprint density at radius 2 is 1.75 bits per heavy atom. The first kappa shape index (κ1) is 21.9. The monoisotopic (exact) mass is 402 g/mol. The Balaban J connectivity index is 0.00000280. The van der Waals surface area contributed by atoms with Crippen molar-refractivity contribution >= 4 is 24.1 Å². The molecule has 0 spiro atoms. The molecule has 1 aliphatic heterocycles. The maximum absolute atomic E-state index is 12.5. The fourth-order valence-corrected chi connectivity index (χ4v) is 3.44. The van der Waals surface area contributed by atoms with E-state index in [1.165, 1.54) is 12.5 Å². The van der Waals surface area contributed by atoms with Crippen LogP contribution in [0.4, 0.5) is 0 Å². The lowest BCUT2D eigenvalue weighted by atomic mass is 9.95. The van der Waals surface area contributed by atoms with Crippen LogP contribution in [-0.2, 0) is 4.79 Å². The van der Waals surface area contributed by atoms with Gasteiger partial charge in [0.1, 0.15) is 5.75 Å². The SMILES string of the molecule is CC(=O)c1ccc(OCCCC(=O)N2C[C@@H](N)[C@H](c3ccccc3)C2)cc1.Cl. The van der Waals surface area contributed by atoms with E-state index in [2.05, 4.69) is 12.1 Å². The Morgan fingerprint density at radius 1 is 1.07 bits per heavy atom. The van der Waals surface area contributed by atoms with Crippen molar-refractivity contribution in [3.8, 4) is 5.75 Å². The Bertz CT molecular complexity index is 780. The minimum absolute atomic E-state index is 0. The number of Topliss-reactive ketones (excluding diaryl/α,β-unsaturated/α-hetero) is 1. The number of halogens is 1. The van der Waals surface area contributed by atoms with E-state index in [0.717, 1.165) is 0 Å². The summed E-state index contributed by atoms with van der Waals surface area (Å²) in [6, 6.07) is 17.2. The smallest absolute Gasteiger partial charge is 0.222 e. The van der Waals surface area contributed by atoms with Crippen molar-refractivity contribution in [2.45, 2.75) is 31.7 Å². The normalized spacial score (nSPS) is 18.4. The number of rotatable bonds is 7. The Morgan fingerprint density at radius 3 is 2.39 bits per heavy atom. The summed E-state index contributed by atoms with van der Waals surface area (Å²) in [5.41, 5.74) is 8.12. The Kier molecular flexibility index (Phi) is 8.03. The molecule has 0 saturated carbocycles. The summed E-state index contributed by atoms with van der Waals surface area (Å²) in [6.07, 6.45) is 1.09. The maximum Gasteiger partial charge on any atom is 0.222 e. The van der Waals surface area contributed by atoms with Gasteiger partial charge in [0.25, 0.3) is 0 Å². The summed E-state index contributed by atoms with van der Waals surface area (Å²) < 4.78 is 5.66. The first-order valence-corrected chi connectivity index (χ1v) is 9.36. The quantitative estimate of drug-likeness (QED) is 0.569. The molecule has 0 radical (unpaired) electrons. The van der Waals surface area contributed by atoms with Crippen LogP contribution in [0.5, 0.6) is 5.75 Å².